The van der Waals surface area contributed by atoms with Gasteiger partial charge in [0.2, 0.25) is 0 Å². The van der Waals surface area contributed by atoms with Crippen molar-refractivity contribution in [3.05, 3.63) is 72.1 Å². The van der Waals surface area contributed by atoms with Crippen LogP contribution in [0.2, 0.25) is 0 Å². The topological polar surface area (TPSA) is 115 Å². The lowest BCUT2D eigenvalue weighted by Gasteiger charge is -2.36. The monoisotopic (exact) mass is 535 g/mol. The number of piperazine rings is 1. The smallest absolute Gasteiger partial charge is 0.412 e. The van der Waals surface area contributed by atoms with E-state index in [1.807, 2.05) is 75.4 Å². The van der Waals surface area contributed by atoms with Crippen LogP contribution < -0.4 is 10.2 Å². The van der Waals surface area contributed by atoms with Crippen molar-refractivity contribution >= 4 is 29.5 Å². The van der Waals surface area contributed by atoms with Gasteiger partial charge in [0.25, 0.3) is 0 Å². The van der Waals surface area contributed by atoms with Gasteiger partial charge in [-0.15, -0.1) is 0 Å². The summed E-state index contributed by atoms with van der Waals surface area (Å²) < 4.78 is 17.1. The third-order valence-electron chi connectivity index (χ3n) is 5.95. The number of amides is 2. The van der Waals surface area contributed by atoms with Crippen LogP contribution in [0, 0.1) is 0 Å². The molecule has 0 spiro atoms. The zero-order valence-corrected chi connectivity index (χ0v) is 22.5. The van der Waals surface area contributed by atoms with E-state index in [2.05, 4.69) is 15.3 Å². The first-order valence-electron chi connectivity index (χ1n) is 12.6. The summed E-state index contributed by atoms with van der Waals surface area (Å²) in [6.45, 7) is 8.12. The Morgan fingerprint density at radius 3 is 2.18 bits per heavy atom. The Kier molecular flexibility index (Phi) is 8.38. The van der Waals surface area contributed by atoms with Crippen LogP contribution in [0.5, 0.6) is 0 Å². The molecule has 0 atom stereocenters. The second-order valence-corrected chi connectivity index (χ2v) is 9.99. The van der Waals surface area contributed by atoms with Gasteiger partial charge in [-0.1, -0.05) is 30.3 Å². The number of hydrogen-bond donors (Lipinski definition) is 1. The predicted octanol–water partition coefficient (Wildman–Crippen LogP) is 4.46. The van der Waals surface area contributed by atoms with Crippen molar-refractivity contribution in [1.29, 1.82) is 0 Å². The molecule has 11 heteroatoms. The maximum absolute atomic E-state index is 12.4. The Labute approximate surface area is 227 Å². The number of carbonyl (C=O) groups excluding carboxylic acids is 3. The van der Waals surface area contributed by atoms with Gasteiger partial charge >= 0.3 is 18.2 Å². The molecule has 0 bridgehead atoms. The zero-order valence-electron chi connectivity index (χ0n) is 22.5. The molecule has 2 heterocycles. The molecule has 1 aromatic heterocycles. The van der Waals surface area contributed by atoms with E-state index in [1.165, 1.54) is 18.0 Å². The molecule has 11 nitrogen and oxygen atoms in total. The van der Waals surface area contributed by atoms with Gasteiger partial charge in [0.1, 0.15) is 12.2 Å². The van der Waals surface area contributed by atoms with Gasteiger partial charge in [0.15, 0.2) is 5.69 Å². The van der Waals surface area contributed by atoms with E-state index in [0.29, 0.717) is 31.9 Å². The first-order chi connectivity index (χ1) is 18.6. The summed E-state index contributed by atoms with van der Waals surface area (Å²) in [5.74, 6) is -0.688. The van der Waals surface area contributed by atoms with Gasteiger partial charge in [-0.3, -0.25) is 5.32 Å². The van der Waals surface area contributed by atoms with Gasteiger partial charge in [-0.25, -0.2) is 19.1 Å². The van der Waals surface area contributed by atoms with E-state index in [0.717, 1.165) is 11.3 Å². The minimum Gasteiger partial charge on any atom is -0.464 e. The van der Waals surface area contributed by atoms with Crippen molar-refractivity contribution in [2.75, 3.05) is 43.5 Å². The van der Waals surface area contributed by atoms with Crippen LogP contribution >= 0.6 is 0 Å². The first kappa shape index (κ1) is 27.5. The minimum atomic E-state index is -0.718. The molecule has 2 amide bonds. The van der Waals surface area contributed by atoms with Gasteiger partial charge < -0.3 is 24.0 Å². The highest BCUT2D eigenvalue weighted by atomic mass is 16.6. The maximum atomic E-state index is 12.4. The van der Waals surface area contributed by atoms with Crippen molar-refractivity contribution < 1.29 is 28.6 Å². The highest BCUT2D eigenvalue weighted by Crippen LogP contribution is 2.23. The van der Waals surface area contributed by atoms with Crippen LogP contribution in [0.15, 0.2) is 60.8 Å². The molecule has 2 aromatic carbocycles. The van der Waals surface area contributed by atoms with Crippen molar-refractivity contribution in [1.82, 2.24) is 14.7 Å². The number of esters is 1. The molecule has 1 N–H and O–H groups in total. The molecule has 3 aromatic rings. The number of methoxy groups -OCH3 is 1. The summed E-state index contributed by atoms with van der Waals surface area (Å²) in [5.41, 5.74) is 2.11. The largest absolute Gasteiger partial charge is 0.464 e. The molecular formula is C28H33N5O6. The van der Waals surface area contributed by atoms with E-state index in [-0.39, 0.29) is 24.1 Å². The Hall–Kier alpha value is -4.54. The summed E-state index contributed by atoms with van der Waals surface area (Å²) in [4.78, 5) is 40.9. The molecule has 206 valence electrons. The van der Waals surface area contributed by atoms with E-state index in [4.69, 9.17) is 14.2 Å². The molecule has 39 heavy (non-hydrogen) atoms. The molecule has 1 fully saturated rings. The first-order valence-corrected chi connectivity index (χ1v) is 12.6. The Morgan fingerprint density at radius 2 is 1.56 bits per heavy atom. The van der Waals surface area contributed by atoms with Crippen LogP contribution in [-0.4, -0.2) is 71.7 Å². The Balaban J connectivity index is 1.40. The lowest BCUT2D eigenvalue weighted by Crippen LogP contribution is -2.50. The highest BCUT2D eigenvalue weighted by Gasteiger charge is 2.26. The number of rotatable bonds is 6. The maximum Gasteiger partial charge on any atom is 0.412 e. The molecule has 0 saturated carbocycles. The number of carbonyl (C=O) groups is 3. The van der Waals surface area contributed by atoms with Crippen molar-refractivity contribution in [3.8, 4) is 5.69 Å². The number of ether oxygens (including phenoxy) is 3. The van der Waals surface area contributed by atoms with E-state index < -0.39 is 17.7 Å². The molecular weight excluding hydrogens is 502 g/mol. The van der Waals surface area contributed by atoms with Crippen LogP contribution in [-0.2, 0) is 20.8 Å². The Morgan fingerprint density at radius 1 is 0.923 bits per heavy atom. The summed E-state index contributed by atoms with van der Waals surface area (Å²) in [6, 6.07) is 16.9. The normalized spacial score (nSPS) is 13.5. The molecule has 1 aliphatic heterocycles. The lowest BCUT2D eigenvalue weighted by molar-refractivity contribution is 0.0240. The zero-order chi connectivity index (χ0) is 28.0. The van der Waals surface area contributed by atoms with Gasteiger partial charge in [-0.2, -0.15) is 5.10 Å². The fourth-order valence-electron chi connectivity index (χ4n) is 4.00. The molecule has 0 radical (unpaired) electrons. The predicted molar refractivity (Wildman–Crippen MR) is 145 cm³/mol. The van der Waals surface area contributed by atoms with Gasteiger partial charge in [-0.05, 0) is 50.6 Å². The third kappa shape index (κ3) is 7.28. The summed E-state index contributed by atoms with van der Waals surface area (Å²) in [7, 11) is 1.25. The van der Waals surface area contributed by atoms with Crippen molar-refractivity contribution in [2.24, 2.45) is 0 Å². The number of benzene rings is 2. The van der Waals surface area contributed by atoms with Crippen LogP contribution in [0.25, 0.3) is 5.69 Å². The van der Waals surface area contributed by atoms with Crippen molar-refractivity contribution in [2.45, 2.75) is 33.0 Å². The van der Waals surface area contributed by atoms with E-state index in [9.17, 15) is 14.4 Å². The fourth-order valence-corrected chi connectivity index (χ4v) is 4.00. The number of nitrogens with one attached hydrogen (secondary N) is 1. The molecule has 1 aliphatic rings. The quantitative estimate of drug-likeness (QED) is 0.363. The molecule has 1 saturated heterocycles. The number of anilines is 2. The van der Waals surface area contributed by atoms with E-state index >= 15 is 0 Å². The summed E-state index contributed by atoms with van der Waals surface area (Å²) >= 11 is 0. The summed E-state index contributed by atoms with van der Waals surface area (Å²) in [5, 5.41) is 6.90. The molecule has 0 unspecified atom stereocenters. The minimum absolute atomic E-state index is 0.0449. The number of nitrogens with zero attached hydrogens (tertiary/aromatic N) is 4. The average Bonchev–Trinajstić information content (AvgIpc) is 3.35. The van der Waals surface area contributed by atoms with Crippen LogP contribution in [0.1, 0.15) is 36.8 Å². The third-order valence-corrected chi connectivity index (χ3v) is 5.95. The SMILES string of the molecule is COC(=O)c1nn(-c2ccc(N3CCN(C(=O)OC(C)(C)C)CC3)cc2)cc1NC(=O)OCc1ccccc1. The lowest BCUT2D eigenvalue weighted by atomic mass is 10.2. The number of aromatic nitrogens is 2. The second-order valence-electron chi connectivity index (χ2n) is 9.99. The fraction of sp³-hybridized carbons (Fsp3) is 0.357. The van der Waals surface area contributed by atoms with Crippen LogP contribution in [0.3, 0.4) is 0 Å². The van der Waals surface area contributed by atoms with Gasteiger partial charge in [0.05, 0.1) is 24.7 Å². The molecule has 4 rings (SSSR count). The standard InChI is InChI=1S/C28H33N5O6/c1-28(2,3)39-27(36)32-16-14-31(15-17-32)21-10-12-22(13-11-21)33-18-23(24(30-33)25(34)37-4)29-26(35)38-19-20-8-6-5-7-9-20/h5-13,18H,14-17,19H2,1-4H3,(H,29,35). The average molecular weight is 536 g/mol. The highest BCUT2D eigenvalue weighted by molar-refractivity contribution is 5.98. The Bertz CT molecular complexity index is 1290. The van der Waals surface area contributed by atoms with E-state index in [1.54, 1.807) is 4.90 Å². The molecule has 0 aliphatic carbocycles. The second kappa shape index (κ2) is 11.9. The van der Waals surface area contributed by atoms with Crippen molar-refractivity contribution in [3.63, 3.8) is 0 Å². The van der Waals surface area contributed by atoms with Gasteiger partial charge in [0, 0.05) is 31.9 Å². The summed E-state index contributed by atoms with van der Waals surface area (Å²) in [6.07, 6.45) is 0.514. The van der Waals surface area contributed by atoms with Crippen LogP contribution in [0.4, 0.5) is 21.0 Å². The number of hydrogen-bond acceptors (Lipinski definition) is 8.